The number of aromatic amines is 1. The Morgan fingerprint density at radius 3 is 2.86 bits per heavy atom. The van der Waals surface area contributed by atoms with Gasteiger partial charge in [0.2, 0.25) is 15.9 Å². The number of halogens is 1. The molecule has 0 aliphatic carbocycles. The van der Waals surface area contributed by atoms with E-state index < -0.39 is 20.7 Å². The Labute approximate surface area is 126 Å². The summed E-state index contributed by atoms with van der Waals surface area (Å²) in [5.41, 5.74) is 0.915. The minimum Gasteiger partial charge on any atom is -0.347 e. The average Bonchev–Trinajstić information content (AvgIpc) is 2.97. The van der Waals surface area contributed by atoms with E-state index in [0.717, 1.165) is 6.07 Å². The third kappa shape index (κ3) is 2.85. The van der Waals surface area contributed by atoms with Crippen molar-refractivity contribution < 1.29 is 17.6 Å². The van der Waals surface area contributed by atoms with Gasteiger partial charge in [-0.1, -0.05) is 0 Å². The maximum Gasteiger partial charge on any atom is 0.243 e. The van der Waals surface area contributed by atoms with Gasteiger partial charge in [0.15, 0.2) is 0 Å². The van der Waals surface area contributed by atoms with Crippen LogP contribution in [-0.2, 0) is 27.8 Å². The molecule has 0 spiro atoms. The standard InChI is InChI=1S/C13H13FN4O3S/c14-9-6-10-8(1-2-13(19)18-10)5-11(9)22(20,21)17-7-12-15-3-4-16-12/h3-6,17H,1-2,7H2,(H,15,16)(H,18,19). The lowest BCUT2D eigenvalue weighted by Crippen LogP contribution is -2.26. The predicted octanol–water partition coefficient (Wildman–Crippen LogP) is 0.912. The van der Waals surface area contributed by atoms with Crippen LogP contribution in [0, 0.1) is 5.82 Å². The number of sulfonamides is 1. The lowest BCUT2D eigenvalue weighted by molar-refractivity contribution is -0.116. The molecule has 3 rings (SSSR count). The normalized spacial score (nSPS) is 14.5. The van der Waals surface area contributed by atoms with E-state index in [-0.39, 0.29) is 18.9 Å². The van der Waals surface area contributed by atoms with Crippen LogP contribution in [0.25, 0.3) is 0 Å². The van der Waals surface area contributed by atoms with Gasteiger partial charge in [0.05, 0.1) is 6.54 Å². The Bertz CT molecular complexity index is 818. The first-order valence-corrected chi connectivity index (χ1v) is 8.04. The highest BCUT2D eigenvalue weighted by molar-refractivity contribution is 7.89. The fourth-order valence-electron chi connectivity index (χ4n) is 2.22. The molecule has 1 amide bonds. The second-order valence-corrected chi connectivity index (χ2v) is 6.58. The van der Waals surface area contributed by atoms with E-state index in [0.29, 0.717) is 23.5 Å². The smallest absolute Gasteiger partial charge is 0.243 e. The van der Waals surface area contributed by atoms with Gasteiger partial charge in [0, 0.05) is 24.5 Å². The molecule has 1 aliphatic rings. The van der Waals surface area contributed by atoms with Crippen LogP contribution in [0.2, 0.25) is 0 Å². The summed E-state index contributed by atoms with van der Waals surface area (Å²) in [6, 6.07) is 2.29. The molecule has 1 aliphatic heterocycles. The van der Waals surface area contributed by atoms with Gasteiger partial charge in [-0.25, -0.2) is 22.5 Å². The SMILES string of the molecule is O=C1CCc2cc(S(=O)(=O)NCc3ncc[nH]3)c(F)cc2N1. The second-order valence-electron chi connectivity index (χ2n) is 4.85. The summed E-state index contributed by atoms with van der Waals surface area (Å²) in [6.45, 7) is -0.0669. The monoisotopic (exact) mass is 324 g/mol. The number of nitrogens with zero attached hydrogens (tertiary/aromatic N) is 1. The highest BCUT2D eigenvalue weighted by Gasteiger charge is 2.24. The van der Waals surface area contributed by atoms with Crippen molar-refractivity contribution in [1.29, 1.82) is 0 Å². The zero-order valence-electron chi connectivity index (χ0n) is 11.4. The van der Waals surface area contributed by atoms with Crippen LogP contribution < -0.4 is 10.0 Å². The summed E-state index contributed by atoms with van der Waals surface area (Å²) in [7, 11) is -4.01. The van der Waals surface area contributed by atoms with Crippen molar-refractivity contribution in [2.45, 2.75) is 24.3 Å². The van der Waals surface area contributed by atoms with Gasteiger partial charge in [-0.05, 0) is 24.1 Å². The maximum atomic E-state index is 14.1. The van der Waals surface area contributed by atoms with E-state index in [2.05, 4.69) is 20.0 Å². The van der Waals surface area contributed by atoms with Crippen molar-refractivity contribution in [1.82, 2.24) is 14.7 Å². The average molecular weight is 324 g/mol. The summed E-state index contributed by atoms with van der Waals surface area (Å²) >= 11 is 0. The minimum absolute atomic E-state index is 0.0669. The molecule has 0 fully saturated rings. The molecular formula is C13H13FN4O3S. The molecule has 116 valence electrons. The Hall–Kier alpha value is -2.26. The number of carbonyl (C=O) groups excluding carboxylic acids is 1. The lowest BCUT2D eigenvalue weighted by atomic mass is 10.0. The van der Waals surface area contributed by atoms with Crippen LogP contribution in [0.5, 0.6) is 0 Å². The molecular weight excluding hydrogens is 311 g/mol. The van der Waals surface area contributed by atoms with Gasteiger partial charge in [-0.15, -0.1) is 0 Å². The first-order valence-electron chi connectivity index (χ1n) is 6.56. The molecule has 0 saturated heterocycles. The Morgan fingerprint density at radius 2 is 2.14 bits per heavy atom. The number of anilines is 1. The van der Waals surface area contributed by atoms with Crippen LogP contribution in [0.15, 0.2) is 29.4 Å². The first-order chi connectivity index (χ1) is 10.5. The van der Waals surface area contributed by atoms with Crippen LogP contribution >= 0.6 is 0 Å². The van der Waals surface area contributed by atoms with Gasteiger partial charge >= 0.3 is 0 Å². The Morgan fingerprint density at radius 1 is 1.32 bits per heavy atom. The summed E-state index contributed by atoms with van der Waals surface area (Å²) < 4.78 is 40.8. The predicted molar refractivity (Wildman–Crippen MR) is 76.0 cm³/mol. The molecule has 0 bridgehead atoms. The van der Waals surface area contributed by atoms with E-state index in [9.17, 15) is 17.6 Å². The van der Waals surface area contributed by atoms with Gasteiger partial charge in [0.25, 0.3) is 0 Å². The van der Waals surface area contributed by atoms with Crippen molar-refractivity contribution >= 4 is 21.6 Å². The number of aryl methyl sites for hydroxylation is 1. The zero-order chi connectivity index (χ0) is 15.7. The molecule has 22 heavy (non-hydrogen) atoms. The van der Waals surface area contributed by atoms with Crippen molar-refractivity contribution in [3.63, 3.8) is 0 Å². The summed E-state index contributed by atoms with van der Waals surface area (Å²) in [4.78, 5) is 17.5. The highest BCUT2D eigenvalue weighted by Crippen LogP contribution is 2.28. The number of amides is 1. The Kier molecular flexibility index (Phi) is 3.67. The fourth-order valence-corrected chi connectivity index (χ4v) is 3.32. The van der Waals surface area contributed by atoms with Crippen LogP contribution in [-0.4, -0.2) is 24.3 Å². The van der Waals surface area contributed by atoms with Crippen LogP contribution in [0.1, 0.15) is 17.8 Å². The number of hydrogen-bond acceptors (Lipinski definition) is 4. The van der Waals surface area contributed by atoms with Crippen LogP contribution in [0.3, 0.4) is 0 Å². The Balaban J connectivity index is 1.88. The molecule has 1 aromatic carbocycles. The number of H-pyrrole nitrogens is 1. The third-order valence-electron chi connectivity index (χ3n) is 3.33. The third-order valence-corrected chi connectivity index (χ3v) is 4.74. The minimum atomic E-state index is -4.01. The molecule has 3 N–H and O–H groups in total. The molecule has 1 aromatic heterocycles. The van der Waals surface area contributed by atoms with Gasteiger partial charge in [0.1, 0.15) is 16.5 Å². The molecule has 0 atom stereocenters. The molecule has 9 heteroatoms. The topological polar surface area (TPSA) is 104 Å². The molecule has 0 saturated carbocycles. The van der Waals surface area contributed by atoms with Gasteiger partial charge in [-0.2, -0.15) is 0 Å². The van der Waals surface area contributed by atoms with Crippen molar-refractivity contribution in [3.8, 4) is 0 Å². The number of imidazole rings is 1. The number of aromatic nitrogens is 2. The van der Waals surface area contributed by atoms with E-state index in [1.165, 1.54) is 12.3 Å². The molecule has 0 unspecified atom stereocenters. The molecule has 7 nitrogen and oxygen atoms in total. The van der Waals surface area contributed by atoms with E-state index in [1.807, 2.05) is 0 Å². The summed E-state index contributed by atoms with van der Waals surface area (Å²) in [5, 5.41) is 2.52. The van der Waals surface area contributed by atoms with E-state index in [4.69, 9.17) is 0 Å². The van der Waals surface area contributed by atoms with E-state index >= 15 is 0 Å². The fraction of sp³-hybridized carbons (Fsp3) is 0.231. The maximum absolute atomic E-state index is 14.1. The van der Waals surface area contributed by atoms with Crippen molar-refractivity contribution in [3.05, 3.63) is 41.7 Å². The van der Waals surface area contributed by atoms with E-state index in [1.54, 1.807) is 6.20 Å². The molecule has 0 radical (unpaired) electrons. The summed E-state index contributed by atoms with van der Waals surface area (Å²) in [6.07, 6.45) is 3.68. The van der Waals surface area contributed by atoms with Crippen LogP contribution in [0.4, 0.5) is 10.1 Å². The molecule has 2 aromatic rings. The zero-order valence-corrected chi connectivity index (χ0v) is 12.2. The number of fused-ring (bicyclic) bond motifs is 1. The lowest BCUT2D eigenvalue weighted by Gasteiger charge is -2.18. The quantitative estimate of drug-likeness (QED) is 0.777. The number of rotatable bonds is 4. The highest BCUT2D eigenvalue weighted by atomic mass is 32.2. The summed E-state index contributed by atoms with van der Waals surface area (Å²) in [5.74, 6) is -0.694. The number of benzene rings is 1. The first kappa shape index (κ1) is 14.7. The second kappa shape index (κ2) is 5.50. The number of nitrogens with one attached hydrogen (secondary N) is 3. The number of hydrogen-bond donors (Lipinski definition) is 3. The number of carbonyl (C=O) groups is 1. The largest absolute Gasteiger partial charge is 0.347 e. The van der Waals surface area contributed by atoms with Gasteiger partial charge < -0.3 is 10.3 Å². The van der Waals surface area contributed by atoms with Crippen molar-refractivity contribution in [2.75, 3.05) is 5.32 Å². The molecule has 2 heterocycles. The van der Waals surface area contributed by atoms with Crippen molar-refractivity contribution in [2.24, 2.45) is 0 Å². The van der Waals surface area contributed by atoms with Gasteiger partial charge in [-0.3, -0.25) is 4.79 Å².